The van der Waals surface area contributed by atoms with Gasteiger partial charge in [0.05, 0.1) is 16.3 Å². The highest BCUT2D eigenvalue weighted by atomic mass is 35.5. The van der Waals surface area contributed by atoms with E-state index in [1.54, 1.807) is 4.40 Å². The van der Waals surface area contributed by atoms with E-state index in [4.69, 9.17) is 16.6 Å². The molecule has 0 N–H and O–H groups in total. The van der Waals surface area contributed by atoms with Crippen LogP contribution in [0.2, 0.25) is 5.02 Å². The lowest BCUT2D eigenvalue weighted by molar-refractivity contribution is 1.07. The van der Waals surface area contributed by atoms with Crippen molar-refractivity contribution < 1.29 is 0 Å². The molecule has 26 heavy (non-hydrogen) atoms. The Morgan fingerprint density at radius 1 is 0.846 bits per heavy atom. The maximum Gasteiger partial charge on any atom is 0.266 e. The summed E-state index contributed by atoms with van der Waals surface area (Å²) in [4.78, 5) is 18.0. The van der Waals surface area contributed by atoms with E-state index in [1.807, 2.05) is 78.9 Å². The van der Waals surface area contributed by atoms with Crippen LogP contribution in [0.25, 0.3) is 33.4 Å². The van der Waals surface area contributed by atoms with Gasteiger partial charge in [-0.05, 0) is 35.9 Å². The fourth-order valence-electron chi connectivity index (χ4n) is 3.43. The topological polar surface area (TPSA) is 34.4 Å². The van der Waals surface area contributed by atoms with Crippen LogP contribution in [-0.4, -0.2) is 9.38 Å². The average Bonchev–Trinajstić information content (AvgIpc) is 2.96. The van der Waals surface area contributed by atoms with E-state index in [1.165, 1.54) is 0 Å². The SMILES string of the molecule is O=c1c2ccccc2nc2c3cc(Cl)ccc3/c(=C\c3ccccc3)n12. The lowest BCUT2D eigenvalue weighted by Crippen LogP contribution is -2.24. The first kappa shape index (κ1) is 15.1. The summed E-state index contributed by atoms with van der Waals surface area (Å²) in [5, 5.41) is 3.88. The first-order valence-electron chi connectivity index (χ1n) is 8.31. The van der Waals surface area contributed by atoms with E-state index in [0.717, 1.165) is 21.7 Å². The van der Waals surface area contributed by atoms with Gasteiger partial charge in [0.2, 0.25) is 0 Å². The molecule has 4 heteroatoms. The molecule has 0 bridgehead atoms. The quantitative estimate of drug-likeness (QED) is 0.451. The van der Waals surface area contributed by atoms with Crippen LogP contribution in [0.3, 0.4) is 0 Å². The van der Waals surface area contributed by atoms with Gasteiger partial charge < -0.3 is 0 Å². The number of halogens is 1. The molecule has 5 aromatic rings. The average molecular weight is 357 g/mol. The molecule has 0 spiro atoms. The normalized spacial score (nSPS) is 12.4. The summed E-state index contributed by atoms with van der Waals surface area (Å²) >= 11 is 6.22. The van der Waals surface area contributed by atoms with Gasteiger partial charge in [0.1, 0.15) is 5.65 Å². The van der Waals surface area contributed by atoms with Crippen LogP contribution in [0.1, 0.15) is 5.56 Å². The Morgan fingerprint density at radius 2 is 1.62 bits per heavy atom. The molecule has 5 rings (SSSR count). The van der Waals surface area contributed by atoms with Crippen molar-refractivity contribution in [1.29, 1.82) is 0 Å². The number of nitrogens with zero attached hydrogens (tertiary/aromatic N) is 2. The first-order valence-corrected chi connectivity index (χ1v) is 8.69. The van der Waals surface area contributed by atoms with Crippen molar-refractivity contribution in [2.75, 3.05) is 0 Å². The van der Waals surface area contributed by atoms with Crippen LogP contribution in [0, 0.1) is 0 Å². The van der Waals surface area contributed by atoms with E-state index in [-0.39, 0.29) is 5.56 Å². The number of aromatic nitrogens is 2. The van der Waals surface area contributed by atoms with Gasteiger partial charge in [0.15, 0.2) is 0 Å². The molecule has 0 unspecified atom stereocenters. The zero-order valence-electron chi connectivity index (χ0n) is 13.7. The zero-order valence-corrected chi connectivity index (χ0v) is 14.4. The van der Waals surface area contributed by atoms with Crippen LogP contribution >= 0.6 is 11.6 Å². The summed E-state index contributed by atoms with van der Waals surface area (Å²) in [6.07, 6.45) is 2.01. The van der Waals surface area contributed by atoms with Crippen molar-refractivity contribution in [1.82, 2.24) is 9.38 Å². The molecule has 124 valence electrons. The van der Waals surface area contributed by atoms with Gasteiger partial charge in [-0.2, -0.15) is 0 Å². The van der Waals surface area contributed by atoms with Crippen molar-refractivity contribution in [3.63, 3.8) is 0 Å². The van der Waals surface area contributed by atoms with Gasteiger partial charge in [-0.3, -0.25) is 9.20 Å². The molecule has 0 fully saturated rings. The Hall–Kier alpha value is -3.17. The zero-order chi connectivity index (χ0) is 17.7. The predicted octanol–water partition coefficient (Wildman–Crippen LogP) is 4.20. The lowest BCUT2D eigenvalue weighted by Gasteiger charge is -1.99. The number of benzene rings is 3. The number of hydrogen-bond donors (Lipinski definition) is 0. The van der Waals surface area contributed by atoms with E-state index >= 15 is 0 Å². The maximum absolute atomic E-state index is 13.2. The lowest BCUT2D eigenvalue weighted by atomic mass is 10.1. The molecule has 0 radical (unpaired) electrons. The largest absolute Gasteiger partial charge is 0.268 e. The van der Waals surface area contributed by atoms with Crippen LogP contribution in [0.5, 0.6) is 0 Å². The van der Waals surface area contributed by atoms with Gasteiger partial charge >= 0.3 is 0 Å². The number of rotatable bonds is 1. The molecule has 0 amide bonds. The third kappa shape index (κ3) is 2.21. The highest BCUT2D eigenvalue weighted by molar-refractivity contribution is 6.31. The summed E-state index contributed by atoms with van der Waals surface area (Å²) in [5.74, 6) is 0. The molecule has 0 aliphatic rings. The van der Waals surface area contributed by atoms with Crippen molar-refractivity contribution in [3.05, 3.63) is 99.1 Å². The molecule has 3 aromatic carbocycles. The second kappa shape index (κ2) is 5.68. The molecule has 0 aliphatic carbocycles. The van der Waals surface area contributed by atoms with Gasteiger partial charge in [0.25, 0.3) is 5.56 Å². The summed E-state index contributed by atoms with van der Waals surface area (Å²) in [6.45, 7) is 0. The minimum atomic E-state index is -0.0693. The third-order valence-corrected chi connectivity index (χ3v) is 4.85. The molecule has 2 heterocycles. The van der Waals surface area contributed by atoms with Crippen LogP contribution in [-0.2, 0) is 0 Å². The monoisotopic (exact) mass is 356 g/mol. The Kier molecular flexibility index (Phi) is 3.30. The minimum absolute atomic E-state index is 0.0693. The Morgan fingerprint density at radius 3 is 2.46 bits per heavy atom. The smallest absolute Gasteiger partial charge is 0.266 e. The van der Waals surface area contributed by atoms with Gasteiger partial charge in [0, 0.05) is 15.8 Å². The summed E-state index contributed by atoms with van der Waals surface area (Å²) < 4.78 is 1.69. The van der Waals surface area contributed by atoms with Gasteiger partial charge in [-0.1, -0.05) is 60.1 Å². The van der Waals surface area contributed by atoms with Crippen LogP contribution in [0.15, 0.2) is 77.6 Å². The summed E-state index contributed by atoms with van der Waals surface area (Å²) in [7, 11) is 0. The first-order chi connectivity index (χ1) is 12.7. The van der Waals surface area contributed by atoms with Crippen LogP contribution < -0.4 is 10.9 Å². The van der Waals surface area contributed by atoms with E-state index in [0.29, 0.717) is 21.6 Å². The van der Waals surface area contributed by atoms with E-state index in [2.05, 4.69) is 0 Å². The minimum Gasteiger partial charge on any atom is -0.268 e. The summed E-state index contributed by atoms with van der Waals surface area (Å²) in [5.41, 5.74) is 2.28. The molecular formula is C22H13ClN2O. The van der Waals surface area contributed by atoms with Crippen molar-refractivity contribution >= 4 is 45.0 Å². The molecule has 0 aliphatic heterocycles. The second-order valence-corrected chi connectivity index (χ2v) is 6.66. The predicted molar refractivity (Wildman–Crippen MR) is 107 cm³/mol. The highest BCUT2D eigenvalue weighted by Crippen LogP contribution is 2.22. The Bertz CT molecular complexity index is 1410. The van der Waals surface area contributed by atoms with Crippen molar-refractivity contribution in [3.8, 4) is 0 Å². The molecule has 0 saturated heterocycles. The number of hydrogen-bond acceptors (Lipinski definition) is 2. The highest BCUT2D eigenvalue weighted by Gasteiger charge is 2.13. The van der Waals surface area contributed by atoms with E-state index in [9.17, 15) is 4.79 Å². The molecule has 2 aromatic heterocycles. The third-order valence-electron chi connectivity index (χ3n) is 4.62. The second-order valence-electron chi connectivity index (χ2n) is 6.22. The van der Waals surface area contributed by atoms with Crippen LogP contribution in [0.4, 0.5) is 0 Å². The van der Waals surface area contributed by atoms with Gasteiger partial charge in [-0.15, -0.1) is 0 Å². The fraction of sp³-hybridized carbons (Fsp3) is 0. The standard InChI is InChI=1S/C22H13ClN2O/c23-15-10-11-16-18(13-15)21-24-19-9-5-4-8-17(19)22(26)25(21)20(16)12-14-6-2-1-3-7-14/h1-13H/b20-12+. The molecular weight excluding hydrogens is 344 g/mol. The number of fused-ring (bicyclic) bond motifs is 4. The van der Waals surface area contributed by atoms with Crippen molar-refractivity contribution in [2.24, 2.45) is 0 Å². The maximum atomic E-state index is 13.2. The Labute approximate surface area is 153 Å². The fourth-order valence-corrected chi connectivity index (χ4v) is 3.60. The van der Waals surface area contributed by atoms with E-state index < -0.39 is 0 Å². The van der Waals surface area contributed by atoms with Gasteiger partial charge in [-0.25, -0.2) is 4.98 Å². The Balaban J connectivity index is 2.07. The molecule has 3 nitrogen and oxygen atoms in total. The number of para-hydroxylation sites is 1. The molecule has 0 saturated carbocycles. The summed E-state index contributed by atoms with van der Waals surface area (Å²) in [6, 6.07) is 23.0. The molecule has 0 atom stereocenters. The van der Waals surface area contributed by atoms with Crippen molar-refractivity contribution in [2.45, 2.75) is 0 Å².